The van der Waals surface area contributed by atoms with E-state index in [-0.39, 0.29) is 0 Å². The molecular formula is C5H5N3S. The molecule has 0 spiro atoms. The second-order valence-electron chi connectivity index (χ2n) is 1.60. The molecule has 1 aromatic rings. The van der Waals surface area contributed by atoms with Crippen molar-refractivity contribution in [1.29, 1.82) is 0 Å². The van der Waals surface area contributed by atoms with Crippen LogP contribution in [0.25, 0.3) is 0 Å². The fourth-order valence-corrected chi connectivity index (χ4v) is 0.613. The number of nitrogens with zero attached hydrogens (tertiary/aromatic N) is 2. The fraction of sp³-hybridized carbons (Fsp3) is 0.200. The van der Waals surface area contributed by atoms with E-state index in [4.69, 9.17) is 0 Å². The van der Waals surface area contributed by atoms with E-state index < -0.39 is 0 Å². The monoisotopic (exact) mass is 139 g/mol. The van der Waals surface area contributed by atoms with Crippen LogP contribution in [-0.4, -0.2) is 15.4 Å². The third kappa shape index (κ3) is 1.45. The number of rotatable bonds is 1. The molecule has 0 radical (unpaired) electrons. The summed E-state index contributed by atoms with van der Waals surface area (Å²) in [4.78, 5) is 3.67. The molecule has 1 aromatic heterocycles. The van der Waals surface area contributed by atoms with E-state index in [9.17, 15) is 0 Å². The van der Waals surface area contributed by atoms with Gasteiger partial charge in [0.15, 0.2) is 5.82 Å². The lowest BCUT2D eigenvalue weighted by atomic mass is 10.5. The Morgan fingerprint density at radius 2 is 2.67 bits per heavy atom. The second kappa shape index (κ2) is 2.53. The SMILES string of the molecule is Cc1cc(N=C=S)[nH]n1. The zero-order chi connectivity index (χ0) is 6.69. The molecule has 1 N–H and O–H groups in total. The number of aromatic nitrogens is 2. The zero-order valence-corrected chi connectivity index (χ0v) is 5.70. The molecule has 0 atom stereocenters. The molecule has 0 aliphatic heterocycles. The summed E-state index contributed by atoms with van der Waals surface area (Å²) in [7, 11) is 0. The third-order valence-electron chi connectivity index (χ3n) is 0.859. The fourth-order valence-electron chi connectivity index (χ4n) is 0.514. The maximum absolute atomic E-state index is 4.38. The lowest BCUT2D eigenvalue weighted by Gasteiger charge is -1.72. The minimum atomic E-state index is 0.655. The third-order valence-corrected chi connectivity index (χ3v) is 0.950. The van der Waals surface area contributed by atoms with E-state index in [1.54, 1.807) is 6.07 Å². The van der Waals surface area contributed by atoms with Crippen LogP contribution in [0.1, 0.15) is 5.69 Å². The van der Waals surface area contributed by atoms with E-state index >= 15 is 0 Å². The van der Waals surface area contributed by atoms with Crippen molar-refractivity contribution < 1.29 is 0 Å². The van der Waals surface area contributed by atoms with Gasteiger partial charge in [-0.1, -0.05) is 0 Å². The normalized spacial score (nSPS) is 8.56. The number of aryl methyl sites for hydroxylation is 1. The molecule has 4 heteroatoms. The van der Waals surface area contributed by atoms with Crippen molar-refractivity contribution in [3.63, 3.8) is 0 Å². The van der Waals surface area contributed by atoms with Crippen LogP contribution in [0, 0.1) is 6.92 Å². The first kappa shape index (κ1) is 6.13. The molecule has 0 amide bonds. The Balaban J connectivity index is 2.97. The topological polar surface area (TPSA) is 41.0 Å². The van der Waals surface area contributed by atoms with Gasteiger partial charge in [0.05, 0.1) is 10.9 Å². The molecule has 46 valence electrons. The smallest absolute Gasteiger partial charge is 0.158 e. The molecule has 9 heavy (non-hydrogen) atoms. The molecule has 0 fully saturated rings. The Bertz CT molecular complexity index is 246. The van der Waals surface area contributed by atoms with Crippen LogP contribution in [0.3, 0.4) is 0 Å². The van der Waals surface area contributed by atoms with Crippen LogP contribution >= 0.6 is 12.2 Å². The van der Waals surface area contributed by atoms with Crippen molar-refractivity contribution in [1.82, 2.24) is 10.2 Å². The lowest BCUT2D eigenvalue weighted by molar-refractivity contribution is 1.04. The highest BCUT2D eigenvalue weighted by Crippen LogP contribution is 2.05. The maximum atomic E-state index is 4.38. The number of thiocarbonyl (C=S) groups is 1. The van der Waals surface area contributed by atoms with E-state index in [0.717, 1.165) is 5.69 Å². The summed E-state index contributed by atoms with van der Waals surface area (Å²) < 4.78 is 0. The van der Waals surface area contributed by atoms with E-state index in [1.807, 2.05) is 6.92 Å². The second-order valence-corrected chi connectivity index (χ2v) is 1.78. The van der Waals surface area contributed by atoms with Crippen molar-refractivity contribution in [2.45, 2.75) is 6.92 Å². The quantitative estimate of drug-likeness (QED) is 0.472. The van der Waals surface area contributed by atoms with Gasteiger partial charge in [-0.3, -0.25) is 5.10 Å². The van der Waals surface area contributed by atoms with E-state index in [1.165, 1.54) is 0 Å². The Kier molecular flexibility index (Phi) is 1.72. The van der Waals surface area contributed by atoms with Crippen molar-refractivity contribution in [3.8, 4) is 0 Å². The summed E-state index contributed by atoms with van der Waals surface area (Å²) >= 11 is 4.38. The Morgan fingerprint density at radius 1 is 1.89 bits per heavy atom. The Labute approximate surface area is 57.8 Å². The highest BCUT2D eigenvalue weighted by Gasteiger charge is 1.89. The van der Waals surface area contributed by atoms with Gasteiger partial charge in [-0.15, -0.1) is 0 Å². The standard InChI is InChI=1S/C5H5N3S/c1-4-2-5(6-3-9)8-7-4/h2H,1H3,(H,7,8). The average molecular weight is 139 g/mol. The largest absolute Gasteiger partial charge is 0.260 e. The van der Waals surface area contributed by atoms with Crippen LogP contribution in [0.4, 0.5) is 5.82 Å². The van der Waals surface area contributed by atoms with Gasteiger partial charge < -0.3 is 0 Å². The van der Waals surface area contributed by atoms with Gasteiger partial charge in [-0.2, -0.15) is 10.1 Å². The number of isothiocyanates is 1. The number of aliphatic imine (C=N–C) groups is 1. The Morgan fingerprint density at radius 3 is 3.11 bits per heavy atom. The summed E-state index contributed by atoms with van der Waals surface area (Å²) in [6, 6.07) is 1.79. The molecule has 0 aliphatic carbocycles. The van der Waals surface area contributed by atoms with Gasteiger partial charge in [0.2, 0.25) is 0 Å². The number of nitrogens with one attached hydrogen (secondary N) is 1. The van der Waals surface area contributed by atoms with E-state index in [2.05, 4.69) is 32.6 Å². The minimum Gasteiger partial charge on any atom is -0.260 e. The highest BCUT2D eigenvalue weighted by molar-refractivity contribution is 7.78. The predicted molar refractivity (Wildman–Crippen MR) is 38.0 cm³/mol. The van der Waals surface area contributed by atoms with Gasteiger partial charge in [-0.05, 0) is 19.1 Å². The first-order valence-electron chi connectivity index (χ1n) is 2.43. The van der Waals surface area contributed by atoms with Gasteiger partial charge in [0.25, 0.3) is 0 Å². The van der Waals surface area contributed by atoms with Gasteiger partial charge in [-0.25, -0.2) is 0 Å². The summed E-state index contributed by atoms with van der Waals surface area (Å²) in [5, 5.41) is 8.73. The van der Waals surface area contributed by atoms with Crippen molar-refractivity contribution >= 4 is 23.2 Å². The van der Waals surface area contributed by atoms with Crippen LogP contribution in [0.15, 0.2) is 11.1 Å². The first-order valence-corrected chi connectivity index (χ1v) is 2.83. The molecule has 0 aromatic carbocycles. The lowest BCUT2D eigenvalue weighted by Crippen LogP contribution is -1.66. The van der Waals surface area contributed by atoms with Crippen molar-refractivity contribution in [2.75, 3.05) is 0 Å². The molecule has 0 unspecified atom stereocenters. The first-order chi connectivity index (χ1) is 4.33. The van der Waals surface area contributed by atoms with Crippen LogP contribution in [0.2, 0.25) is 0 Å². The summed E-state index contributed by atoms with van der Waals surface area (Å²) in [6.07, 6.45) is 0. The number of hydrogen-bond donors (Lipinski definition) is 1. The minimum absolute atomic E-state index is 0.655. The highest BCUT2D eigenvalue weighted by atomic mass is 32.1. The molecule has 0 saturated heterocycles. The molecule has 1 rings (SSSR count). The number of aromatic amines is 1. The van der Waals surface area contributed by atoms with Gasteiger partial charge in [0.1, 0.15) is 0 Å². The van der Waals surface area contributed by atoms with Gasteiger partial charge >= 0.3 is 0 Å². The van der Waals surface area contributed by atoms with Crippen molar-refractivity contribution in [3.05, 3.63) is 11.8 Å². The van der Waals surface area contributed by atoms with Gasteiger partial charge in [0, 0.05) is 6.07 Å². The van der Waals surface area contributed by atoms with Crippen LogP contribution in [0.5, 0.6) is 0 Å². The van der Waals surface area contributed by atoms with Crippen LogP contribution < -0.4 is 0 Å². The molecule has 0 saturated carbocycles. The van der Waals surface area contributed by atoms with E-state index in [0.29, 0.717) is 5.82 Å². The zero-order valence-electron chi connectivity index (χ0n) is 4.88. The summed E-state index contributed by atoms with van der Waals surface area (Å²) in [6.45, 7) is 1.87. The Hall–Kier alpha value is -0.990. The predicted octanol–water partition coefficient (Wildman–Crippen LogP) is 1.45. The molecule has 3 nitrogen and oxygen atoms in total. The number of hydrogen-bond acceptors (Lipinski definition) is 3. The molecular weight excluding hydrogens is 134 g/mol. The maximum Gasteiger partial charge on any atom is 0.158 e. The summed E-state index contributed by atoms with van der Waals surface area (Å²) in [5.41, 5.74) is 0.902. The molecule has 1 heterocycles. The molecule has 0 aliphatic rings. The summed E-state index contributed by atoms with van der Waals surface area (Å²) in [5.74, 6) is 0.655. The van der Waals surface area contributed by atoms with Crippen molar-refractivity contribution in [2.24, 2.45) is 4.99 Å². The molecule has 0 bridgehead atoms. The van der Waals surface area contributed by atoms with Crippen LogP contribution in [-0.2, 0) is 0 Å². The average Bonchev–Trinajstić information content (AvgIpc) is 2.17. The number of H-pyrrole nitrogens is 1.